The summed E-state index contributed by atoms with van der Waals surface area (Å²) in [6, 6.07) is 3.97. The quantitative estimate of drug-likeness (QED) is 0.922. The zero-order valence-corrected chi connectivity index (χ0v) is 10.4. The number of fused-ring (bicyclic) bond motifs is 1. The van der Waals surface area contributed by atoms with Gasteiger partial charge in [0.2, 0.25) is 0 Å². The van der Waals surface area contributed by atoms with Crippen LogP contribution < -0.4 is 10.1 Å². The van der Waals surface area contributed by atoms with Gasteiger partial charge in [0.1, 0.15) is 5.82 Å². The monoisotopic (exact) mass is 265 g/mol. The molecule has 0 atom stereocenters. The van der Waals surface area contributed by atoms with Gasteiger partial charge < -0.3 is 9.47 Å². The molecule has 1 aromatic heterocycles. The maximum atomic E-state index is 13.1. The lowest BCUT2D eigenvalue weighted by Crippen LogP contribution is -2.15. The first kappa shape index (κ1) is 13.0. The number of nitrogens with zero attached hydrogens (tertiary/aromatic N) is 2. The van der Waals surface area contributed by atoms with E-state index >= 15 is 0 Å². The largest absolute Gasteiger partial charge is 0.478 e. The van der Waals surface area contributed by atoms with Gasteiger partial charge in [0.05, 0.1) is 24.8 Å². The van der Waals surface area contributed by atoms with Crippen LogP contribution in [0.4, 0.5) is 15.0 Å². The van der Waals surface area contributed by atoms with Crippen molar-refractivity contribution in [3.63, 3.8) is 0 Å². The summed E-state index contributed by atoms with van der Waals surface area (Å²) in [5.74, 6) is -0.222. The van der Waals surface area contributed by atoms with Crippen LogP contribution in [-0.2, 0) is 4.74 Å². The molecule has 0 saturated carbocycles. The number of anilines is 1. The van der Waals surface area contributed by atoms with Crippen LogP contribution >= 0.6 is 0 Å². The topological polar surface area (TPSA) is 73.3 Å². The number of methoxy groups -OCH3 is 1. The van der Waals surface area contributed by atoms with Crippen LogP contribution in [0.3, 0.4) is 0 Å². The van der Waals surface area contributed by atoms with Gasteiger partial charge in [0, 0.05) is 6.07 Å². The molecule has 0 radical (unpaired) electrons. The predicted octanol–water partition coefficient (Wildman–Crippen LogP) is 2.35. The molecular formula is C12H12FN3O3. The van der Waals surface area contributed by atoms with E-state index in [9.17, 15) is 9.18 Å². The van der Waals surface area contributed by atoms with Crippen LogP contribution in [0.2, 0.25) is 0 Å². The van der Waals surface area contributed by atoms with Gasteiger partial charge in [-0.25, -0.2) is 19.2 Å². The van der Waals surface area contributed by atoms with Crippen molar-refractivity contribution in [2.24, 2.45) is 0 Å². The van der Waals surface area contributed by atoms with Crippen molar-refractivity contribution in [1.82, 2.24) is 9.97 Å². The second-order valence-corrected chi connectivity index (χ2v) is 3.56. The molecule has 100 valence electrons. The molecule has 1 amide bonds. The summed E-state index contributed by atoms with van der Waals surface area (Å²) in [7, 11) is 1.40. The number of benzene rings is 1. The first-order chi connectivity index (χ1) is 9.13. The van der Waals surface area contributed by atoms with Crippen LogP contribution in [0.25, 0.3) is 11.0 Å². The van der Waals surface area contributed by atoms with Crippen molar-refractivity contribution in [3.05, 3.63) is 24.0 Å². The molecule has 1 aromatic carbocycles. The van der Waals surface area contributed by atoms with E-state index in [-0.39, 0.29) is 18.3 Å². The maximum Gasteiger partial charge on any atom is 0.412 e. The van der Waals surface area contributed by atoms with Crippen LogP contribution in [0.1, 0.15) is 6.92 Å². The van der Waals surface area contributed by atoms with E-state index in [0.29, 0.717) is 11.0 Å². The average molecular weight is 265 g/mol. The molecule has 7 heteroatoms. The molecule has 19 heavy (non-hydrogen) atoms. The van der Waals surface area contributed by atoms with E-state index in [1.165, 1.54) is 25.3 Å². The minimum atomic E-state index is -0.675. The highest BCUT2D eigenvalue weighted by molar-refractivity contribution is 5.87. The third kappa shape index (κ3) is 2.87. The van der Waals surface area contributed by atoms with Crippen molar-refractivity contribution >= 4 is 22.9 Å². The minimum absolute atomic E-state index is 0.0825. The number of halogens is 1. The third-order valence-electron chi connectivity index (χ3n) is 2.28. The van der Waals surface area contributed by atoms with Gasteiger partial charge >= 0.3 is 6.09 Å². The van der Waals surface area contributed by atoms with Crippen molar-refractivity contribution in [3.8, 4) is 5.88 Å². The Morgan fingerprint density at radius 3 is 2.84 bits per heavy atom. The molecule has 0 fully saturated rings. The lowest BCUT2D eigenvalue weighted by molar-refractivity contribution is 0.167. The van der Waals surface area contributed by atoms with Crippen molar-refractivity contribution < 1.29 is 18.7 Å². The summed E-state index contributed by atoms with van der Waals surface area (Å²) in [5.41, 5.74) is 0.778. The number of nitrogens with one attached hydrogen (secondary N) is 1. The Bertz CT molecular complexity index is 618. The summed E-state index contributed by atoms with van der Waals surface area (Å²) < 4.78 is 22.9. The normalized spacial score (nSPS) is 10.3. The van der Waals surface area contributed by atoms with E-state index in [0.717, 1.165) is 0 Å². The van der Waals surface area contributed by atoms with Gasteiger partial charge in [0.15, 0.2) is 5.82 Å². The number of amides is 1. The Kier molecular flexibility index (Phi) is 3.74. The number of rotatable bonds is 3. The molecule has 0 spiro atoms. The predicted molar refractivity (Wildman–Crippen MR) is 66.7 cm³/mol. The molecule has 1 N–H and O–H groups in total. The zero-order chi connectivity index (χ0) is 13.8. The third-order valence-corrected chi connectivity index (χ3v) is 2.28. The standard InChI is InChI=1S/C12H12FN3O3/c1-3-19-12(17)16-10-11(18-2)15-8-5-4-7(13)6-9(8)14-10/h4-6H,3H2,1-2H3,(H,14,16,17). The zero-order valence-electron chi connectivity index (χ0n) is 10.4. The van der Waals surface area contributed by atoms with Gasteiger partial charge in [-0.1, -0.05) is 0 Å². The second kappa shape index (κ2) is 5.47. The van der Waals surface area contributed by atoms with Gasteiger partial charge in [0.25, 0.3) is 5.88 Å². The van der Waals surface area contributed by atoms with Crippen LogP contribution in [0, 0.1) is 5.82 Å². The molecule has 1 heterocycles. The molecule has 0 saturated heterocycles. The van der Waals surface area contributed by atoms with E-state index in [4.69, 9.17) is 9.47 Å². The molecular weight excluding hydrogens is 253 g/mol. The Morgan fingerprint density at radius 1 is 1.37 bits per heavy atom. The summed E-state index contributed by atoms with van der Waals surface area (Å²) in [6.45, 7) is 1.90. The molecule has 0 aliphatic rings. The number of ether oxygens (including phenoxy) is 2. The number of hydrogen-bond acceptors (Lipinski definition) is 5. The number of hydrogen-bond donors (Lipinski definition) is 1. The highest BCUT2D eigenvalue weighted by atomic mass is 19.1. The molecule has 2 aromatic rings. The smallest absolute Gasteiger partial charge is 0.412 e. The maximum absolute atomic E-state index is 13.1. The molecule has 0 aliphatic heterocycles. The number of carbonyl (C=O) groups excluding carboxylic acids is 1. The van der Waals surface area contributed by atoms with Crippen molar-refractivity contribution in [2.45, 2.75) is 6.92 Å². The Labute approximate surface area is 108 Å². The Balaban J connectivity index is 2.43. The Morgan fingerprint density at radius 2 is 2.16 bits per heavy atom. The summed E-state index contributed by atoms with van der Waals surface area (Å²) in [5, 5.41) is 2.39. The van der Waals surface area contributed by atoms with E-state index in [1.54, 1.807) is 6.92 Å². The highest BCUT2D eigenvalue weighted by Gasteiger charge is 2.13. The molecule has 0 unspecified atom stereocenters. The van der Waals surface area contributed by atoms with Gasteiger partial charge in [-0.05, 0) is 19.1 Å². The van der Waals surface area contributed by atoms with Gasteiger partial charge in [-0.2, -0.15) is 0 Å². The SMILES string of the molecule is CCOC(=O)Nc1nc2cc(F)ccc2nc1OC. The summed E-state index contributed by atoms with van der Waals surface area (Å²) >= 11 is 0. The van der Waals surface area contributed by atoms with Crippen molar-refractivity contribution in [1.29, 1.82) is 0 Å². The summed E-state index contributed by atoms with van der Waals surface area (Å²) in [4.78, 5) is 19.6. The van der Waals surface area contributed by atoms with Crippen LogP contribution in [0.15, 0.2) is 18.2 Å². The average Bonchev–Trinajstić information content (AvgIpc) is 2.38. The fourth-order valence-electron chi connectivity index (χ4n) is 1.50. The highest BCUT2D eigenvalue weighted by Crippen LogP contribution is 2.23. The fourth-order valence-corrected chi connectivity index (χ4v) is 1.50. The lowest BCUT2D eigenvalue weighted by Gasteiger charge is -2.09. The molecule has 0 aliphatic carbocycles. The molecule has 0 bridgehead atoms. The first-order valence-electron chi connectivity index (χ1n) is 5.59. The van der Waals surface area contributed by atoms with Crippen LogP contribution in [0.5, 0.6) is 5.88 Å². The lowest BCUT2D eigenvalue weighted by atomic mass is 10.3. The van der Waals surface area contributed by atoms with E-state index in [1.807, 2.05) is 0 Å². The van der Waals surface area contributed by atoms with Crippen LogP contribution in [-0.4, -0.2) is 29.8 Å². The number of carbonyl (C=O) groups is 1. The molecule has 2 rings (SSSR count). The van der Waals surface area contributed by atoms with E-state index in [2.05, 4.69) is 15.3 Å². The summed E-state index contributed by atoms with van der Waals surface area (Å²) in [6.07, 6.45) is -0.675. The van der Waals surface area contributed by atoms with Crippen molar-refractivity contribution in [2.75, 3.05) is 19.0 Å². The second-order valence-electron chi connectivity index (χ2n) is 3.56. The first-order valence-corrected chi connectivity index (χ1v) is 5.59. The Hall–Kier alpha value is -2.44. The van der Waals surface area contributed by atoms with Gasteiger partial charge in [-0.15, -0.1) is 0 Å². The molecule has 6 nitrogen and oxygen atoms in total. The number of aromatic nitrogens is 2. The minimum Gasteiger partial charge on any atom is -0.478 e. The van der Waals surface area contributed by atoms with E-state index < -0.39 is 11.9 Å². The fraction of sp³-hybridized carbons (Fsp3) is 0.250. The van der Waals surface area contributed by atoms with Gasteiger partial charge in [-0.3, -0.25) is 5.32 Å².